The Labute approximate surface area is 144 Å². The van der Waals surface area contributed by atoms with Crippen molar-refractivity contribution in [2.45, 2.75) is 24.5 Å². The molecule has 5 nitrogen and oxygen atoms in total. The topological polar surface area (TPSA) is 67.4 Å². The first kappa shape index (κ1) is 16.4. The van der Waals surface area contributed by atoms with Crippen LogP contribution in [0, 0.1) is 0 Å². The highest BCUT2D eigenvalue weighted by molar-refractivity contribution is 9.10. The van der Waals surface area contributed by atoms with E-state index < -0.39 is 10.0 Å². The monoisotopic (exact) mass is 396 g/mol. The van der Waals surface area contributed by atoms with Gasteiger partial charge in [-0.25, -0.2) is 13.1 Å². The molecule has 1 heterocycles. The van der Waals surface area contributed by atoms with Crippen molar-refractivity contribution < 1.29 is 13.2 Å². The molecule has 0 unspecified atom stereocenters. The van der Waals surface area contributed by atoms with Crippen molar-refractivity contribution in [2.75, 3.05) is 7.11 Å². The lowest BCUT2D eigenvalue weighted by molar-refractivity contribution is 0.413. The molecule has 0 radical (unpaired) electrons. The van der Waals surface area contributed by atoms with Gasteiger partial charge in [-0.2, -0.15) is 0 Å². The van der Waals surface area contributed by atoms with Crippen LogP contribution >= 0.6 is 15.9 Å². The van der Waals surface area contributed by atoms with Crippen molar-refractivity contribution in [3.63, 3.8) is 0 Å². The summed E-state index contributed by atoms with van der Waals surface area (Å²) in [7, 11) is -2.12. The van der Waals surface area contributed by atoms with E-state index in [0.29, 0.717) is 10.2 Å². The molecule has 122 valence electrons. The van der Waals surface area contributed by atoms with E-state index in [1.165, 1.54) is 24.3 Å². The van der Waals surface area contributed by atoms with Crippen molar-refractivity contribution in [1.29, 1.82) is 0 Å². The maximum Gasteiger partial charge on any atom is 0.242 e. The number of fused-ring (bicyclic) bond motifs is 1. The predicted molar refractivity (Wildman–Crippen MR) is 91.7 cm³/mol. The van der Waals surface area contributed by atoms with Gasteiger partial charge in [0, 0.05) is 30.2 Å². The standard InChI is InChI=1S/C16H17BrN2O3S/c1-22-14-4-5-15(17)16(7-14)23(20,21)19-8-11-2-3-12-9-18-10-13(12)6-11/h2-7,18-19H,8-10H2,1H3. The quantitative estimate of drug-likeness (QED) is 0.814. The highest BCUT2D eigenvalue weighted by Crippen LogP contribution is 2.26. The maximum absolute atomic E-state index is 12.5. The fourth-order valence-electron chi connectivity index (χ4n) is 2.53. The minimum Gasteiger partial charge on any atom is -0.497 e. The molecule has 0 aromatic heterocycles. The molecule has 0 saturated heterocycles. The summed E-state index contributed by atoms with van der Waals surface area (Å²) < 4.78 is 33.3. The second-order valence-corrected chi connectivity index (χ2v) is 7.92. The lowest BCUT2D eigenvalue weighted by Crippen LogP contribution is -2.23. The van der Waals surface area contributed by atoms with Gasteiger partial charge in [0.2, 0.25) is 10.0 Å². The maximum atomic E-state index is 12.5. The first-order valence-corrected chi connectivity index (χ1v) is 9.42. The number of nitrogens with one attached hydrogen (secondary N) is 2. The molecule has 7 heteroatoms. The minimum atomic E-state index is -3.63. The summed E-state index contributed by atoms with van der Waals surface area (Å²) in [5.74, 6) is 0.497. The number of methoxy groups -OCH3 is 1. The fraction of sp³-hybridized carbons (Fsp3) is 0.250. The number of hydrogen-bond donors (Lipinski definition) is 2. The van der Waals surface area contributed by atoms with Gasteiger partial charge in [0.15, 0.2) is 0 Å². The van der Waals surface area contributed by atoms with Crippen LogP contribution in [0.4, 0.5) is 0 Å². The van der Waals surface area contributed by atoms with Gasteiger partial charge >= 0.3 is 0 Å². The average Bonchev–Trinajstić information content (AvgIpc) is 3.01. The number of benzene rings is 2. The van der Waals surface area contributed by atoms with Crippen LogP contribution < -0.4 is 14.8 Å². The van der Waals surface area contributed by atoms with Crippen LogP contribution in [0.5, 0.6) is 5.75 Å². The highest BCUT2D eigenvalue weighted by atomic mass is 79.9. The van der Waals surface area contributed by atoms with Crippen molar-refractivity contribution >= 4 is 26.0 Å². The number of ether oxygens (including phenoxy) is 1. The summed E-state index contributed by atoms with van der Waals surface area (Å²) in [5, 5.41) is 3.27. The molecular formula is C16H17BrN2O3S. The zero-order valence-corrected chi connectivity index (χ0v) is 15.0. The van der Waals surface area contributed by atoms with Crippen LogP contribution in [0.1, 0.15) is 16.7 Å². The highest BCUT2D eigenvalue weighted by Gasteiger charge is 2.19. The lowest BCUT2D eigenvalue weighted by Gasteiger charge is -2.11. The molecule has 2 N–H and O–H groups in total. The predicted octanol–water partition coefficient (Wildman–Crippen LogP) is 2.54. The second-order valence-electron chi connectivity index (χ2n) is 5.33. The Morgan fingerprint density at radius 3 is 2.74 bits per heavy atom. The van der Waals surface area contributed by atoms with Crippen LogP contribution in [0.25, 0.3) is 0 Å². The van der Waals surface area contributed by atoms with Gasteiger partial charge in [-0.05, 0) is 44.8 Å². The van der Waals surface area contributed by atoms with E-state index >= 15 is 0 Å². The van der Waals surface area contributed by atoms with Crippen LogP contribution in [0.15, 0.2) is 45.8 Å². The first-order chi connectivity index (χ1) is 11.0. The Balaban J connectivity index is 1.79. The van der Waals surface area contributed by atoms with Gasteiger partial charge in [-0.3, -0.25) is 0 Å². The summed E-state index contributed by atoms with van der Waals surface area (Å²) in [4.78, 5) is 0.166. The molecule has 0 bridgehead atoms. The first-order valence-electron chi connectivity index (χ1n) is 7.14. The zero-order chi connectivity index (χ0) is 16.4. The third-order valence-electron chi connectivity index (χ3n) is 3.80. The van der Waals surface area contributed by atoms with Gasteiger partial charge in [0.1, 0.15) is 5.75 Å². The van der Waals surface area contributed by atoms with Gasteiger partial charge in [-0.1, -0.05) is 18.2 Å². The van der Waals surface area contributed by atoms with Crippen molar-refractivity contribution in [3.05, 3.63) is 57.6 Å². The Bertz CT molecular complexity index is 837. The van der Waals surface area contributed by atoms with Crippen molar-refractivity contribution in [1.82, 2.24) is 10.0 Å². The number of rotatable bonds is 5. The smallest absolute Gasteiger partial charge is 0.242 e. The SMILES string of the molecule is COc1ccc(Br)c(S(=O)(=O)NCc2ccc3c(c2)CNC3)c1. The molecule has 23 heavy (non-hydrogen) atoms. The molecule has 0 saturated carbocycles. The Morgan fingerprint density at radius 1 is 1.17 bits per heavy atom. The van der Waals surface area contributed by atoms with Crippen molar-refractivity contribution in [2.24, 2.45) is 0 Å². The number of sulfonamides is 1. The molecule has 2 aromatic carbocycles. The largest absolute Gasteiger partial charge is 0.497 e. The van der Waals surface area contributed by atoms with E-state index in [9.17, 15) is 8.42 Å². The molecule has 0 aliphatic carbocycles. The summed E-state index contributed by atoms with van der Waals surface area (Å²) in [6, 6.07) is 10.9. The third-order valence-corrected chi connectivity index (χ3v) is 6.19. The van der Waals surface area contributed by atoms with E-state index in [-0.39, 0.29) is 11.4 Å². The molecule has 3 rings (SSSR count). The Morgan fingerprint density at radius 2 is 1.96 bits per heavy atom. The van der Waals surface area contributed by atoms with Gasteiger partial charge < -0.3 is 10.1 Å². The van der Waals surface area contributed by atoms with E-state index in [0.717, 1.165) is 18.7 Å². The van der Waals surface area contributed by atoms with Crippen LogP contribution in [-0.2, 0) is 29.7 Å². The number of halogens is 1. The van der Waals surface area contributed by atoms with E-state index in [4.69, 9.17) is 4.74 Å². The molecule has 0 fully saturated rings. The molecule has 0 amide bonds. The van der Waals surface area contributed by atoms with Crippen LogP contribution in [-0.4, -0.2) is 15.5 Å². The average molecular weight is 397 g/mol. The zero-order valence-electron chi connectivity index (χ0n) is 12.6. The minimum absolute atomic E-state index is 0.166. The lowest BCUT2D eigenvalue weighted by atomic mass is 10.1. The van der Waals surface area contributed by atoms with Crippen LogP contribution in [0.2, 0.25) is 0 Å². The summed E-state index contributed by atoms with van der Waals surface area (Å²) >= 11 is 3.28. The van der Waals surface area contributed by atoms with Crippen molar-refractivity contribution in [3.8, 4) is 5.75 Å². The molecule has 0 atom stereocenters. The van der Waals surface area contributed by atoms with E-state index in [1.54, 1.807) is 12.1 Å². The molecule has 1 aliphatic rings. The van der Waals surface area contributed by atoms with Gasteiger partial charge in [0.25, 0.3) is 0 Å². The van der Waals surface area contributed by atoms with Crippen LogP contribution in [0.3, 0.4) is 0 Å². The van der Waals surface area contributed by atoms with E-state index in [1.807, 2.05) is 18.2 Å². The second kappa shape index (κ2) is 6.60. The summed E-state index contributed by atoms with van der Waals surface area (Å²) in [6.07, 6.45) is 0. The van der Waals surface area contributed by atoms with Gasteiger partial charge in [-0.15, -0.1) is 0 Å². The third kappa shape index (κ3) is 3.58. The molecule has 2 aromatic rings. The fourth-order valence-corrected chi connectivity index (χ4v) is 4.52. The van der Waals surface area contributed by atoms with Gasteiger partial charge in [0.05, 0.1) is 12.0 Å². The molecule has 1 aliphatic heterocycles. The Kier molecular flexibility index (Phi) is 4.72. The number of hydrogen-bond acceptors (Lipinski definition) is 4. The molecule has 0 spiro atoms. The summed E-state index contributed by atoms with van der Waals surface area (Å²) in [5.41, 5.74) is 3.44. The molecular weight excluding hydrogens is 380 g/mol. The Hall–Kier alpha value is -1.41. The van der Waals surface area contributed by atoms with E-state index in [2.05, 4.69) is 26.0 Å². The normalized spacial score (nSPS) is 13.8. The summed E-state index contributed by atoms with van der Waals surface area (Å²) in [6.45, 7) is 1.95.